The number of benzene rings is 2. The van der Waals surface area contributed by atoms with Crippen molar-refractivity contribution >= 4 is 23.1 Å². The van der Waals surface area contributed by atoms with Gasteiger partial charge < -0.3 is 34.1 Å². The van der Waals surface area contributed by atoms with Crippen LogP contribution in [0.15, 0.2) is 18.2 Å². The highest BCUT2D eigenvalue weighted by molar-refractivity contribution is 6.06. The number of hydrogen-bond donors (Lipinski definition) is 2. The normalized spacial score (nSPS) is 16.7. The largest absolute Gasteiger partial charge is 0.494 e. The van der Waals surface area contributed by atoms with E-state index in [0.29, 0.717) is 48.8 Å². The molecule has 1 saturated heterocycles. The molecule has 0 aliphatic carbocycles. The summed E-state index contributed by atoms with van der Waals surface area (Å²) in [5, 5.41) is 12.0. The maximum Gasteiger partial charge on any atom is 0.197 e. The molecule has 43 heavy (non-hydrogen) atoms. The molecule has 0 bridgehead atoms. The van der Waals surface area contributed by atoms with Gasteiger partial charge in [0.15, 0.2) is 28.9 Å². The molecule has 2 aliphatic rings. The fraction of sp³-hybridized carbons (Fsp3) is 0.531. The molecule has 10 nitrogen and oxygen atoms in total. The summed E-state index contributed by atoms with van der Waals surface area (Å²) in [5.74, 6) is -0.186. The molecule has 0 spiro atoms. The van der Waals surface area contributed by atoms with E-state index in [1.54, 1.807) is 38.0 Å². The van der Waals surface area contributed by atoms with Gasteiger partial charge in [0.05, 0.1) is 38.1 Å². The van der Waals surface area contributed by atoms with Gasteiger partial charge in [0.25, 0.3) is 0 Å². The van der Waals surface area contributed by atoms with Crippen LogP contribution in [0.2, 0.25) is 0 Å². The summed E-state index contributed by atoms with van der Waals surface area (Å²) in [6.07, 6.45) is 0. The van der Waals surface area contributed by atoms with Crippen molar-refractivity contribution in [2.45, 2.75) is 52.6 Å². The van der Waals surface area contributed by atoms with Gasteiger partial charge in [0, 0.05) is 44.4 Å². The number of piperazine rings is 1. The third kappa shape index (κ3) is 6.47. The molecule has 2 aliphatic heterocycles. The average Bonchev–Trinajstić information content (AvgIpc) is 3.28. The smallest absolute Gasteiger partial charge is 0.197 e. The van der Waals surface area contributed by atoms with Crippen LogP contribution in [0.4, 0.5) is 10.1 Å². The Bertz CT molecular complexity index is 1390. The van der Waals surface area contributed by atoms with Crippen LogP contribution in [-0.2, 0) is 21.5 Å². The zero-order valence-electron chi connectivity index (χ0n) is 26.2. The second kappa shape index (κ2) is 13.3. The van der Waals surface area contributed by atoms with E-state index in [1.807, 2.05) is 31.7 Å². The van der Waals surface area contributed by atoms with Crippen LogP contribution in [-0.4, -0.2) is 88.6 Å². The van der Waals surface area contributed by atoms with E-state index >= 15 is 4.39 Å². The molecule has 0 aromatic heterocycles. The van der Waals surface area contributed by atoms with Crippen LogP contribution in [0.25, 0.3) is 0 Å². The van der Waals surface area contributed by atoms with Crippen molar-refractivity contribution in [2.75, 3.05) is 65.1 Å². The number of carbonyl (C=O) groups is 2. The van der Waals surface area contributed by atoms with Crippen molar-refractivity contribution in [3.05, 3.63) is 46.3 Å². The predicted molar refractivity (Wildman–Crippen MR) is 163 cm³/mol. The number of methoxy groups -OCH3 is 2. The molecule has 2 aromatic rings. The molecular weight excluding hydrogens is 555 g/mol. The lowest BCUT2D eigenvalue weighted by atomic mass is 9.84. The fourth-order valence-electron chi connectivity index (χ4n) is 5.70. The standard InChI is InChI=1S/C32H43FN4O6/c1-8-42-26-14-20-16-36(31(34)27(20)28(33)30(26)43-9-2)17-24(38)19-12-21(32(3,4)5)29(41-7)22(13-19)37-11-10-35-15-23(37)25(39)18-40-6/h12-14,23,34-35H,8-11,15-18H2,1-7H3. The summed E-state index contributed by atoms with van der Waals surface area (Å²) in [5.41, 5.74) is 2.19. The van der Waals surface area contributed by atoms with Crippen LogP contribution in [0, 0.1) is 11.2 Å². The Labute approximate surface area is 252 Å². The first-order valence-electron chi connectivity index (χ1n) is 14.7. The Kier molecular flexibility index (Phi) is 9.96. The molecule has 11 heteroatoms. The van der Waals surface area contributed by atoms with E-state index in [-0.39, 0.29) is 66.2 Å². The quantitative estimate of drug-likeness (QED) is 0.351. The number of amidine groups is 1. The Balaban J connectivity index is 1.71. The van der Waals surface area contributed by atoms with E-state index in [1.165, 1.54) is 7.11 Å². The molecule has 2 aromatic carbocycles. The first-order valence-corrected chi connectivity index (χ1v) is 14.7. The monoisotopic (exact) mass is 598 g/mol. The number of Topliss-reactive ketones (excluding diaryl/α,β-unsaturated/α-hetero) is 2. The summed E-state index contributed by atoms with van der Waals surface area (Å²) in [6.45, 7) is 11.9. The van der Waals surface area contributed by atoms with Gasteiger partial charge in [-0.05, 0) is 43.0 Å². The summed E-state index contributed by atoms with van der Waals surface area (Å²) in [7, 11) is 3.08. The zero-order chi connectivity index (χ0) is 31.5. The van der Waals surface area contributed by atoms with E-state index in [9.17, 15) is 9.59 Å². The number of rotatable bonds is 12. The lowest BCUT2D eigenvalue weighted by Gasteiger charge is -2.39. The molecule has 2 heterocycles. The lowest BCUT2D eigenvalue weighted by molar-refractivity contribution is -0.124. The van der Waals surface area contributed by atoms with Crippen molar-refractivity contribution in [2.24, 2.45) is 0 Å². The zero-order valence-corrected chi connectivity index (χ0v) is 26.2. The summed E-state index contributed by atoms with van der Waals surface area (Å²) in [4.78, 5) is 30.5. The summed E-state index contributed by atoms with van der Waals surface area (Å²) in [6, 6.07) is 4.79. The highest BCUT2D eigenvalue weighted by atomic mass is 19.1. The molecule has 234 valence electrons. The number of halogens is 1. The molecule has 0 saturated carbocycles. The summed E-state index contributed by atoms with van der Waals surface area (Å²) >= 11 is 0. The maximum absolute atomic E-state index is 15.6. The van der Waals surface area contributed by atoms with Gasteiger partial charge in [-0.15, -0.1) is 0 Å². The molecule has 2 N–H and O–H groups in total. The molecule has 1 unspecified atom stereocenters. The minimum Gasteiger partial charge on any atom is -0.494 e. The average molecular weight is 599 g/mol. The maximum atomic E-state index is 15.6. The molecular formula is C32H43FN4O6. The van der Waals surface area contributed by atoms with Gasteiger partial charge >= 0.3 is 0 Å². The fourth-order valence-corrected chi connectivity index (χ4v) is 5.70. The first kappa shape index (κ1) is 32.2. The Morgan fingerprint density at radius 2 is 1.81 bits per heavy atom. The van der Waals surface area contributed by atoms with Gasteiger partial charge in [-0.3, -0.25) is 15.0 Å². The van der Waals surface area contributed by atoms with Crippen molar-refractivity contribution in [1.29, 1.82) is 5.41 Å². The van der Waals surface area contributed by atoms with Gasteiger partial charge in [0.2, 0.25) is 0 Å². The highest BCUT2D eigenvalue weighted by Gasteiger charge is 2.36. The van der Waals surface area contributed by atoms with E-state index in [4.69, 9.17) is 24.4 Å². The van der Waals surface area contributed by atoms with E-state index in [0.717, 1.165) is 5.56 Å². The van der Waals surface area contributed by atoms with Crippen molar-refractivity contribution < 1.29 is 32.9 Å². The number of hydrogen-bond acceptors (Lipinski definition) is 9. The van der Waals surface area contributed by atoms with Gasteiger partial charge in [-0.1, -0.05) is 20.8 Å². The van der Waals surface area contributed by atoms with Gasteiger partial charge in [-0.2, -0.15) is 0 Å². The van der Waals surface area contributed by atoms with Crippen molar-refractivity contribution in [3.8, 4) is 17.2 Å². The Morgan fingerprint density at radius 3 is 2.44 bits per heavy atom. The topological polar surface area (TPSA) is 113 Å². The first-order chi connectivity index (χ1) is 20.5. The number of nitrogens with one attached hydrogen (secondary N) is 2. The van der Waals surface area contributed by atoms with Crippen LogP contribution in [0.1, 0.15) is 61.7 Å². The summed E-state index contributed by atoms with van der Waals surface area (Å²) < 4.78 is 37.8. The van der Waals surface area contributed by atoms with Crippen LogP contribution < -0.4 is 24.4 Å². The van der Waals surface area contributed by atoms with Gasteiger partial charge in [0.1, 0.15) is 24.2 Å². The Hall–Kier alpha value is -3.70. The number of ketones is 2. The van der Waals surface area contributed by atoms with Crippen LogP contribution in [0.5, 0.6) is 17.2 Å². The molecule has 0 amide bonds. The van der Waals surface area contributed by atoms with Crippen LogP contribution >= 0.6 is 0 Å². The second-order valence-corrected chi connectivity index (χ2v) is 11.7. The number of nitrogens with zero attached hydrogens (tertiary/aromatic N) is 2. The van der Waals surface area contributed by atoms with E-state index < -0.39 is 11.9 Å². The van der Waals surface area contributed by atoms with Crippen molar-refractivity contribution in [3.63, 3.8) is 0 Å². The lowest BCUT2D eigenvalue weighted by Crippen LogP contribution is -2.56. The van der Waals surface area contributed by atoms with Crippen LogP contribution in [0.3, 0.4) is 0 Å². The molecule has 1 atom stereocenters. The molecule has 4 rings (SSSR count). The number of ether oxygens (including phenoxy) is 4. The van der Waals surface area contributed by atoms with Gasteiger partial charge in [-0.25, -0.2) is 4.39 Å². The van der Waals surface area contributed by atoms with Crippen molar-refractivity contribution in [1.82, 2.24) is 10.2 Å². The number of anilines is 1. The minimum absolute atomic E-state index is 0.0239. The second-order valence-electron chi connectivity index (χ2n) is 11.7. The third-order valence-corrected chi connectivity index (χ3v) is 7.72. The predicted octanol–water partition coefficient (Wildman–Crippen LogP) is 3.95. The SMILES string of the molecule is CCOc1cc2c(c(F)c1OCC)C(=N)N(CC(=O)c1cc(N3CCNCC3C(=O)COC)c(OC)c(C(C)(C)C)c1)C2. The van der Waals surface area contributed by atoms with E-state index in [2.05, 4.69) is 5.32 Å². The highest BCUT2D eigenvalue weighted by Crippen LogP contribution is 2.42. The Morgan fingerprint density at radius 1 is 1.09 bits per heavy atom. The molecule has 1 fully saturated rings. The minimum atomic E-state index is -0.657. The number of fused-ring (bicyclic) bond motifs is 1. The third-order valence-electron chi connectivity index (χ3n) is 7.72. The number of carbonyl (C=O) groups excluding carboxylic acids is 2. The molecule has 0 radical (unpaired) electrons.